The molecule has 0 N–H and O–H groups in total. The number of amides is 1. The van der Waals surface area contributed by atoms with Crippen LogP contribution in [-0.4, -0.2) is 36.3 Å². The third kappa shape index (κ3) is 5.19. The Morgan fingerprint density at radius 2 is 2.05 bits per heavy atom. The summed E-state index contributed by atoms with van der Waals surface area (Å²) in [6.07, 6.45) is 0.194. The number of hydrogen-bond acceptors (Lipinski definition) is 4. The summed E-state index contributed by atoms with van der Waals surface area (Å²) >= 11 is 5.88. The number of ether oxygens (including phenoxy) is 1. The van der Waals surface area contributed by atoms with Gasteiger partial charge in [-0.1, -0.05) is 17.7 Å². The second kappa shape index (κ2) is 7.78. The normalized spacial score (nSPS) is 11.2. The largest absolute Gasteiger partial charge is 0.461 e. The molecule has 0 bridgehead atoms. The summed E-state index contributed by atoms with van der Waals surface area (Å²) in [4.78, 5) is 23.5. The van der Waals surface area contributed by atoms with Crippen molar-refractivity contribution in [2.45, 2.75) is 27.2 Å². The van der Waals surface area contributed by atoms with E-state index >= 15 is 0 Å². The van der Waals surface area contributed by atoms with E-state index in [4.69, 9.17) is 16.3 Å². The van der Waals surface area contributed by atoms with Crippen molar-refractivity contribution in [2.75, 3.05) is 13.7 Å². The molecule has 0 saturated carbocycles. The van der Waals surface area contributed by atoms with Crippen LogP contribution in [0.2, 0.25) is 5.02 Å². The molecule has 0 radical (unpaired) electrons. The highest BCUT2D eigenvalue weighted by Crippen LogP contribution is 2.16. The van der Waals surface area contributed by atoms with Crippen molar-refractivity contribution in [3.63, 3.8) is 0 Å². The number of aryl methyl sites for hydroxylation is 1. The van der Waals surface area contributed by atoms with E-state index in [0.717, 1.165) is 16.1 Å². The lowest BCUT2D eigenvalue weighted by Crippen LogP contribution is -2.27. The van der Waals surface area contributed by atoms with Gasteiger partial charge in [0.15, 0.2) is 0 Å². The van der Waals surface area contributed by atoms with Crippen LogP contribution in [0.4, 0.5) is 0 Å². The molecule has 5 nitrogen and oxygen atoms in total. The van der Waals surface area contributed by atoms with E-state index < -0.39 is 5.97 Å². The Morgan fingerprint density at radius 1 is 1.38 bits per heavy atom. The van der Waals surface area contributed by atoms with Crippen LogP contribution in [0.5, 0.6) is 0 Å². The molecule has 0 atom stereocenters. The lowest BCUT2D eigenvalue weighted by atomic mass is 10.1. The number of halogens is 1. The number of esters is 1. The summed E-state index contributed by atoms with van der Waals surface area (Å²) in [5.41, 5.74) is 1.95. The molecule has 0 aliphatic rings. The van der Waals surface area contributed by atoms with Crippen molar-refractivity contribution in [1.82, 2.24) is 5.01 Å². The molecule has 0 aliphatic carbocycles. The van der Waals surface area contributed by atoms with Gasteiger partial charge in [0.05, 0.1) is 13.0 Å². The molecule has 0 unspecified atom stereocenters. The zero-order valence-electron chi connectivity index (χ0n) is 12.6. The summed E-state index contributed by atoms with van der Waals surface area (Å²) in [5, 5.41) is 5.72. The number of hydrazone groups is 1. The monoisotopic (exact) mass is 310 g/mol. The Morgan fingerprint density at radius 3 is 2.62 bits per heavy atom. The van der Waals surface area contributed by atoms with Crippen LogP contribution < -0.4 is 0 Å². The zero-order valence-corrected chi connectivity index (χ0v) is 13.4. The van der Waals surface area contributed by atoms with Crippen LogP contribution in [0.3, 0.4) is 0 Å². The summed E-state index contributed by atoms with van der Waals surface area (Å²) < 4.78 is 4.81. The number of hydrogen-bond donors (Lipinski definition) is 0. The van der Waals surface area contributed by atoms with Crippen molar-refractivity contribution in [3.8, 4) is 0 Å². The Kier molecular flexibility index (Phi) is 6.37. The molecule has 21 heavy (non-hydrogen) atoms. The lowest BCUT2D eigenvalue weighted by molar-refractivity contribution is -0.135. The highest BCUT2D eigenvalue weighted by Gasteiger charge is 2.13. The van der Waals surface area contributed by atoms with Crippen LogP contribution in [0.25, 0.3) is 0 Å². The Bertz CT molecular complexity index is 570. The van der Waals surface area contributed by atoms with Gasteiger partial charge in [-0.2, -0.15) is 5.10 Å². The molecule has 6 heteroatoms. The molecule has 1 rings (SSSR count). The van der Waals surface area contributed by atoms with Crippen LogP contribution >= 0.6 is 11.6 Å². The molecule has 0 spiro atoms. The molecular weight excluding hydrogens is 292 g/mol. The SMILES string of the molecule is CCOC(=O)C(C)=NN(C)C(=O)Cc1ccc(Cl)cc1C. The second-order valence-corrected chi connectivity index (χ2v) is 5.01. The summed E-state index contributed by atoms with van der Waals surface area (Å²) in [7, 11) is 1.51. The van der Waals surface area contributed by atoms with E-state index in [1.165, 1.54) is 14.0 Å². The van der Waals surface area contributed by atoms with Crippen molar-refractivity contribution < 1.29 is 14.3 Å². The average Bonchev–Trinajstić information content (AvgIpc) is 2.41. The van der Waals surface area contributed by atoms with Gasteiger partial charge in [0.2, 0.25) is 5.91 Å². The van der Waals surface area contributed by atoms with Gasteiger partial charge in [0.1, 0.15) is 5.71 Å². The van der Waals surface area contributed by atoms with Crippen molar-refractivity contribution in [1.29, 1.82) is 0 Å². The van der Waals surface area contributed by atoms with Gasteiger partial charge >= 0.3 is 5.97 Å². The lowest BCUT2D eigenvalue weighted by Gasteiger charge is -2.13. The fourth-order valence-electron chi connectivity index (χ4n) is 1.69. The predicted molar refractivity (Wildman–Crippen MR) is 82.4 cm³/mol. The smallest absolute Gasteiger partial charge is 0.354 e. The van der Waals surface area contributed by atoms with E-state index in [2.05, 4.69) is 5.10 Å². The number of rotatable bonds is 5. The molecule has 0 saturated heterocycles. The van der Waals surface area contributed by atoms with Gasteiger partial charge in [-0.15, -0.1) is 0 Å². The Labute approximate surface area is 129 Å². The number of carbonyl (C=O) groups is 2. The van der Waals surface area contributed by atoms with Crippen molar-refractivity contribution >= 4 is 29.2 Å². The second-order valence-electron chi connectivity index (χ2n) is 4.57. The fraction of sp³-hybridized carbons (Fsp3) is 0.400. The maximum absolute atomic E-state index is 12.1. The minimum atomic E-state index is -0.528. The van der Waals surface area contributed by atoms with E-state index in [-0.39, 0.29) is 24.6 Å². The first-order valence-corrected chi connectivity index (χ1v) is 6.96. The first-order valence-electron chi connectivity index (χ1n) is 6.59. The minimum Gasteiger partial charge on any atom is -0.461 e. The molecule has 1 aromatic carbocycles. The third-order valence-electron chi connectivity index (χ3n) is 2.88. The number of benzene rings is 1. The predicted octanol–water partition coefficient (Wildman–Crippen LogP) is 2.59. The number of nitrogens with zero attached hydrogens (tertiary/aromatic N) is 2. The van der Waals surface area contributed by atoms with Crippen LogP contribution in [0, 0.1) is 6.92 Å². The molecule has 0 aliphatic heterocycles. The van der Waals surface area contributed by atoms with Gasteiger partial charge < -0.3 is 4.74 Å². The standard InChI is InChI=1S/C15H19ClN2O3/c1-5-21-15(20)11(3)17-18(4)14(19)9-12-6-7-13(16)8-10(12)2/h6-8H,5,9H2,1-4H3. The van der Waals surface area contributed by atoms with Crippen LogP contribution in [0.15, 0.2) is 23.3 Å². The van der Waals surface area contributed by atoms with Gasteiger partial charge in [0.25, 0.3) is 0 Å². The maximum Gasteiger partial charge on any atom is 0.354 e. The maximum atomic E-state index is 12.1. The number of carbonyl (C=O) groups excluding carboxylic acids is 2. The molecule has 0 aromatic heterocycles. The highest BCUT2D eigenvalue weighted by molar-refractivity contribution is 6.35. The summed E-state index contributed by atoms with van der Waals surface area (Å²) in [6.45, 7) is 5.38. The van der Waals surface area contributed by atoms with Crippen LogP contribution in [-0.2, 0) is 20.7 Å². The van der Waals surface area contributed by atoms with Crippen molar-refractivity contribution in [3.05, 3.63) is 34.3 Å². The van der Waals surface area contributed by atoms with E-state index in [9.17, 15) is 9.59 Å². The van der Waals surface area contributed by atoms with Gasteiger partial charge in [0, 0.05) is 12.1 Å². The first kappa shape index (κ1) is 17.2. The Balaban J connectivity index is 2.75. The number of likely N-dealkylation sites (N-methyl/N-ethyl adjacent to an activating group) is 1. The molecule has 0 fully saturated rings. The molecule has 1 aromatic rings. The average molecular weight is 311 g/mol. The minimum absolute atomic E-state index is 0.139. The van der Waals surface area contributed by atoms with Crippen molar-refractivity contribution in [2.24, 2.45) is 5.10 Å². The van der Waals surface area contributed by atoms with Gasteiger partial charge in [-0.05, 0) is 44.0 Å². The quantitative estimate of drug-likeness (QED) is 0.477. The molecule has 1 amide bonds. The van der Waals surface area contributed by atoms with E-state index in [1.807, 2.05) is 13.0 Å². The summed E-state index contributed by atoms with van der Waals surface area (Å²) in [5.74, 6) is -0.746. The van der Waals surface area contributed by atoms with E-state index in [1.54, 1.807) is 19.1 Å². The van der Waals surface area contributed by atoms with E-state index in [0.29, 0.717) is 5.02 Å². The van der Waals surface area contributed by atoms with Gasteiger partial charge in [-0.3, -0.25) is 4.79 Å². The summed E-state index contributed by atoms with van der Waals surface area (Å²) in [6, 6.07) is 5.35. The van der Waals surface area contributed by atoms with Crippen LogP contribution in [0.1, 0.15) is 25.0 Å². The fourth-order valence-corrected chi connectivity index (χ4v) is 1.92. The topological polar surface area (TPSA) is 59.0 Å². The molecule has 0 heterocycles. The van der Waals surface area contributed by atoms with Gasteiger partial charge in [-0.25, -0.2) is 9.80 Å². The molecular formula is C15H19ClN2O3. The third-order valence-corrected chi connectivity index (χ3v) is 3.11. The first-order chi connectivity index (χ1) is 9.85. The molecule has 114 valence electrons. The zero-order chi connectivity index (χ0) is 16.0. The highest BCUT2D eigenvalue weighted by atomic mass is 35.5. The Hall–Kier alpha value is -1.88.